The minimum absolute atomic E-state index is 0.0633. The monoisotopic (exact) mass is 498 g/mol. The molecule has 1 aromatic carbocycles. The maximum atomic E-state index is 11.2. The number of rotatable bonds is 16. The van der Waals surface area contributed by atoms with Crippen molar-refractivity contribution in [2.45, 2.75) is 59.1 Å². The summed E-state index contributed by atoms with van der Waals surface area (Å²) in [5.74, 6) is 1.84. The topological polar surface area (TPSA) is 129 Å². The predicted octanol–water partition coefficient (Wildman–Crippen LogP) is 1.51. The number of benzene rings is 1. The highest BCUT2D eigenvalue weighted by Crippen LogP contribution is 2.21. The molecule has 1 amide bonds. The number of unbranched alkanes of at least 4 members (excludes halogenated alkanes) is 2. The molecule has 0 aliphatic rings. The van der Waals surface area contributed by atoms with Gasteiger partial charge in [0.2, 0.25) is 5.91 Å². The molecule has 0 spiro atoms. The maximum absolute atomic E-state index is 11.2. The van der Waals surface area contributed by atoms with Gasteiger partial charge in [-0.1, -0.05) is 45.4 Å². The molecule has 1 aromatic heterocycles. The van der Waals surface area contributed by atoms with Gasteiger partial charge < -0.3 is 36.1 Å². The molecule has 0 aliphatic carbocycles. The van der Waals surface area contributed by atoms with E-state index in [1.165, 1.54) is 0 Å². The molecule has 0 bridgehead atoms. The van der Waals surface area contributed by atoms with Crippen molar-refractivity contribution in [3.8, 4) is 5.75 Å². The third-order valence-corrected chi connectivity index (χ3v) is 5.62. The quantitative estimate of drug-likeness (QED) is 0.120. The van der Waals surface area contributed by atoms with Crippen molar-refractivity contribution in [1.82, 2.24) is 15.2 Å². The van der Waals surface area contributed by atoms with Gasteiger partial charge in [-0.15, -0.1) is 0 Å². The smallest absolute Gasteiger partial charge is 0.235 e. The fourth-order valence-corrected chi connectivity index (χ4v) is 3.72. The summed E-state index contributed by atoms with van der Waals surface area (Å²) in [6, 6.07) is 7.94. The number of methoxy groups -OCH3 is 1. The average Bonchev–Trinajstić information content (AvgIpc) is 3.23. The van der Waals surface area contributed by atoms with Gasteiger partial charge in [0.15, 0.2) is 5.82 Å². The lowest BCUT2D eigenvalue weighted by Gasteiger charge is -2.14. The summed E-state index contributed by atoms with van der Waals surface area (Å²) in [5.41, 5.74) is 13.4. The Labute approximate surface area is 214 Å². The Morgan fingerprint density at radius 3 is 2.67 bits per heavy atom. The Kier molecular flexibility index (Phi) is 12.6. The van der Waals surface area contributed by atoms with E-state index in [1.807, 2.05) is 30.5 Å². The molecular formula is C27H42N6O3. The molecular weight excluding hydrogens is 456 g/mol. The third-order valence-electron chi connectivity index (χ3n) is 5.62. The summed E-state index contributed by atoms with van der Waals surface area (Å²) in [6.07, 6.45) is 7.04. The number of ether oxygens (including phenoxy) is 2. The number of nitrogens with one attached hydrogen (secondary N) is 2. The highest BCUT2D eigenvalue weighted by atomic mass is 16.5. The zero-order valence-corrected chi connectivity index (χ0v) is 21.9. The van der Waals surface area contributed by atoms with Crippen LogP contribution >= 0.6 is 0 Å². The van der Waals surface area contributed by atoms with Crippen molar-refractivity contribution in [3.63, 3.8) is 0 Å². The van der Waals surface area contributed by atoms with Gasteiger partial charge in [0.05, 0.1) is 32.2 Å². The molecule has 0 saturated carbocycles. The van der Waals surface area contributed by atoms with E-state index >= 15 is 0 Å². The Hall–Kier alpha value is -3.30. The second-order valence-corrected chi connectivity index (χ2v) is 8.60. The number of carbonyl (C=O) groups excluding carboxylic acids is 1. The lowest BCUT2D eigenvalue weighted by molar-refractivity contribution is -0.121. The van der Waals surface area contributed by atoms with Crippen LogP contribution in [0.15, 0.2) is 35.5 Å². The number of amides is 1. The molecule has 0 unspecified atom stereocenters. The van der Waals surface area contributed by atoms with Crippen LogP contribution in [0.5, 0.6) is 5.75 Å². The fourth-order valence-electron chi connectivity index (χ4n) is 3.72. The second-order valence-electron chi connectivity index (χ2n) is 8.60. The Morgan fingerprint density at radius 1 is 1.17 bits per heavy atom. The highest BCUT2D eigenvalue weighted by Gasteiger charge is 2.10. The van der Waals surface area contributed by atoms with Gasteiger partial charge in [-0.25, -0.2) is 4.99 Å². The largest absolute Gasteiger partial charge is 0.496 e. The van der Waals surface area contributed by atoms with Crippen LogP contribution < -0.4 is 37.4 Å². The Morgan fingerprint density at radius 2 is 1.97 bits per heavy atom. The molecule has 36 heavy (non-hydrogen) atoms. The molecule has 0 radical (unpaired) electrons. The van der Waals surface area contributed by atoms with Gasteiger partial charge in [-0.05, 0) is 35.8 Å². The second kappa shape index (κ2) is 15.6. The Bertz CT molecular complexity index is 1110. The summed E-state index contributed by atoms with van der Waals surface area (Å²) in [5, 5.41) is 7.87. The summed E-state index contributed by atoms with van der Waals surface area (Å²) in [6.45, 7) is 10.3. The van der Waals surface area contributed by atoms with Crippen LogP contribution in [0.25, 0.3) is 12.4 Å². The van der Waals surface area contributed by atoms with Crippen LogP contribution in [0, 0.1) is 0 Å². The molecule has 2 aromatic rings. The number of hydrogen-bond donors (Lipinski definition) is 4. The van der Waals surface area contributed by atoms with E-state index in [2.05, 4.69) is 35.6 Å². The van der Waals surface area contributed by atoms with E-state index < -0.39 is 0 Å². The molecule has 0 saturated heterocycles. The van der Waals surface area contributed by atoms with Crippen LogP contribution in [0.1, 0.15) is 57.1 Å². The number of nitrogens with two attached hydrogens (primary N) is 2. The molecule has 1 heterocycles. The van der Waals surface area contributed by atoms with Crippen molar-refractivity contribution < 1.29 is 14.3 Å². The van der Waals surface area contributed by atoms with Gasteiger partial charge in [-0.2, -0.15) is 0 Å². The van der Waals surface area contributed by atoms with Crippen molar-refractivity contribution in [2.24, 2.45) is 16.5 Å². The van der Waals surface area contributed by atoms with Crippen LogP contribution in [-0.2, 0) is 22.7 Å². The van der Waals surface area contributed by atoms with E-state index in [0.717, 1.165) is 71.9 Å². The number of aliphatic imine (C=N–C) groups is 1. The first kappa shape index (κ1) is 28.9. The number of amidine groups is 1. The first-order chi connectivity index (χ1) is 17.4. The predicted molar refractivity (Wildman–Crippen MR) is 146 cm³/mol. The lowest BCUT2D eigenvalue weighted by Crippen LogP contribution is -2.36. The van der Waals surface area contributed by atoms with Gasteiger partial charge in [-0.3, -0.25) is 4.79 Å². The van der Waals surface area contributed by atoms with Crippen molar-refractivity contribution in [3.05, 3.63) is 52.2 Å². The van der Waals surface area contributed by atoms with Gasteiger partial charge in [0.1, 0.15) is 18.3 Å². The molecule has 2 rings (SSSR count). The van der Waals surface area contributed by atoms with Crippen LogP contribution in [0.2, 0.25) is 0 Å². The highest BCUT2D eigenvalue weighted by molar-refractivity contribution is 5.83. The third kappa shape index (κ3) is 9.05. The van der Waals surface area contributed by atoms with E-state index in [-0.39, 0.29) is 19.2 Å². The zero-order chi connectivity index (χ0) is 26.3. The maximum Gasteiger partial charge on any atom is 0.235 e. The molecule has 9 nitrogen and oxygen atoms in total. The van der Waals surface area contributed by atoms with E-state index in [0.29, 0.717) is 19.0 Å². The van der Waals surface area contributed by atoms with Crippen molar-refractivity contribution in [2.75, 3.05) is 26.9 Å². The Balaban J connectivity index is 2.31. The molecule has 0 fully saturated rings. The van der Waals surface area contributed by atoms with Crippen LogP contribution in [0.4, 0.5) is 0 Å². The average molecular weight is 499 g/mol. The number of nitrogens with zero attached hydrogens (tertiary/aromatic N) is 2. The number of aromatic nitrogens is 1. The SMILES string of the molecule is C=c1ccn(Cc2ccc(COCNC(=O)CN)cc2OC)/c1=C(/N=C(/N)CCC)NCCCCC. The van der Waals surface area contributed by atoms with Crippen LogP contribution in [-0.4, -0.2) is 43.2 Å². The molecule has 6 N–H and O–H groups in total. The first-order valence-corrected chi connectivity index (χ1v) is 12.6. The summed E-state index contributed by atoms with van der Waals surface area (Å²) in [7, 11) is 1.65. The minimum atomic E-state index is -0.257. The minimum Gasteiger partial charge on any atom is -0.496 e. The lowest BCUT2D eigenvalue weighted by atomic mass is 10.1. The standard InChI is InChI=1S/C27H42N6O3/c1-5-7-8-13-30-27(32-24(29)9-6-2)26-20(3)12-14-33(26)17-22-11-10-21(15-23(22)35-4)18-36-19-31-25(34)16-28/h10-12,14-15,30H,3,5-9,13,16-19,28H2,1-2,4H3,(H2,29,32)(H,31,34)/b27-26+. The normalized spacial score (nSPS) is 12.4. The summed E-state index contributed by atoms with van der Waals surface area (Å²) >= 11 is 0. The van der Waals surface area contributed by atoms with Gasteiger partial charge >= 0.3 is 0 Å². The number of carbonyl (C=O) groups is 1. The zero-order valence-electron chi connectivity index (χ0n) is 21.9. The van der Waals surface area contributed by atoms with Crippen molar-refractivity contribution >= 4 is 24.1 Å². The number of hydrogen-bond acceptors (Lipinski definition) is 6. The van der Waals surface area contributed by atoms with Gasteiger partial charge in [0.25, 0.3) is 0 Å². The van der Waals surface area contributed by atoms with Crippen LogP contribution in [0.3, 0.4) is 0 Å². The summed E-state index contributed by atoms with van der Waals surface area (Å²) in [4.78, 5) is 16.0. The summed E-state index contributed by atoms with van der Waals surface area (Å²) < 4.78 is 13.3. The van der Waals surface area contributed by atoms with E-state index in [1.54, 1.807) is 7.11 Å². The van der Waals surface area contributed by atoms with E-state index in [9.17, 15) is 4.79 Å². The fraction of sp³-hybridized carbons (Fsp3) is 0.481. The van der Waals surface area contributed by atoms with Gasteiger partial charge in [0, 0.05) is 24.7 Å². The molecule has 9 heteroatoms. The van der Waals surface area contributed by atoms with E-state index in [4.69, 9.17) is 25.9 Å². The first-order valence-electron chi connectivity index (χ1n) is 12.6. The molecule has 0 atom stereocenters. The molecule has 0 aliphatic heterocycles. The van der Waals surface area contributed by atoms with Crippen molar-refractivity contribution in [1.29, 1.82) is 0 Å². The molecule has 198 valence electrons.